The summed E-state index contributed by atoms with van der Waals surface area (Å²) in [5.74, 6) is -6.52. The summed E-state index contributed by atoms with van der Waals surface area (Å²) in [6.45, 7) is -6.26. The monoisotopic (exact) mass is 2090 g/mol. The third-order valence-electron chi connectivity index (χ3n) is 25.8. The van der Waals surface area contributed by atoms with Crippen LogP contribution in [-0.2, 0) is 133 Å². The number of nitrogens with one attached hydrogen (secondary N) is 7. The Hall–Kier alpha value is -5.67. The van der Waals surface area contributed by atoms with Gasteiger partial charge in [0.1, 0.15) is 268 Å². The Balaban J connectivity index is 0.988. The fourth-order valence-electron chi connectivity index (χ4n) is 18.5. The molecule has 63 heteroatoms. The maximum Gasteiger partial charge on any atom is 0.217 e. The van der Waals surface area contributed by atoms with Gasteiger partial charge in [0.15, 0.2) is 69.2 Å². The van der Waals surface area contributed by atoms with Crippen LogP contribution in [0.4, 0.5) is 0 Å². The number of hydrogen-bond donors (Lipinski definition) is 35. The Labute approximate surface area is 810 Å². The van der Waals surface area contributed by atoms with Crippen LogP contribution in [0.15, 0.2) is 0 Å². The zero-order valence-electron chi connectivity index (χ0n) is 77.5. The first kappa shape index (κ1) is 118. The van der Waals surface area contributed by atoms with Crippen molar-refractivity contribution in [3.05, 3.63) is 0 Å². The van der Waals surface area contributed by atoms with Gasteiger partial charge in [-0.15, -0.1) is 0 Å². The third kappa shape index (κ3) is 26.9. The van der Waals surface area contributed by atoms with Gasteiger partial charge in [-0.05, 0) is 0 Å². The van der Waals surface area contributed by atoms with Crippen LogP contribution in [0.25, 0.3) is 0 Å². The lowest BCUT2D eigenvalue weighted by molar-refractivity contribution is -0.403. The molecule has 11 aliphatic heterocycles. The Kier molecular flexibility index (Phi) is 42.7. The van der Waals surface area contributed by atoms with Gasteiger partial charge in [-0.2, -0.15) is 0 Å². The zero-order valence-corrected chi connectivity index (χ0v) is 77.5. The predicted molar refractivity (Wildman–Crippen MR) is 444 cm³/mol. The molecular weight excluding hydrogens is 1950 g/mol. The molecule has 7 amide bonds. The molecule has 0 radical (unpaired) electrons. The maximum absolute atomic E-state index is 13.5. The predicted octanol–water partition coefficient (Wildman–Crippen LogP) is -24.0. The third-order valence-corrected chi connectivity index (χ3v) is 25.8. The van der Waals surface area contributed by atoms with Crippen molar-refractivity contribution in [1.82, 2.24) is 37.2 Å². The molecule has 11 aliphatic rings. The summed E-state index contributed by atoms with van der Waals surface area (Å²) >= 11 is 0. The first-order valence-corrected chi connectivity index (χ1v) is 45.6. The molecule has 63 nitrogen and oxygen atoms in total. The molecule has 1 unspecified atom stereocenters. The van der Waals surface area contributed by atoms with E-state index in [1.54, 1.807) is 0 Å². The molecule has 0 aromatic heterocycles. The number of carbonyl (C=O) groups is 7. The first-order valence-electron chi connectivity index (χ1n) is 45.6. The van der Waals surface area contributed by atoms with E-state index < -0.39 is 451 Å². The van der Waals surface area contributed by atoms with Gasteiger partial charge in [0.2, 0.25) is 41.4 Å². The average Bonchev–Trinajstić information content (AvgIpc) is 0.746. The van der Waals surface area contributed by atoms with Gasteiger partial charge in [-0.1, -0.05) is 0 Å². The summed E-state index contributed by atoms with van der Waals surface area (Å²) in [6, 6.07) is -13.2. The minimum absolute atomic E-state index is 0.834. The van der Waals surface area contributed by atoms with Crippen LogP contribution in [0.1, 0.15) is 48.5 Å². The number of amides is 7. The molecule has 143 heavy (non-hydrogen) atoms. The van der Waals surface area contributed by atoms with Crippen molar-refractivity contribution in [2.75, 3.05) is 72.7 Å². The zero-order chi connectivity index (χ0) is 105. The second kappa shape index (κ2) is 51.9. The number of ether oxygens (including phenoxy) is 21. The Morgan fingerprint density at radius 3 is 0.727 bits per heavy atom. The van der Waals surface area contributed by atoms with E-state index in [2.05, 4.69) is 37.2 Å². The highest BCUT2D eigenvalue weighted by atomic mass is 16.8. The van der Waals surface area contributed by atoms with Crippen LogP contribution < -0.4 is 37.2 Å². The molecule has 11 fully saturated rings. The Morgan fingerprint density at radius 2 is 0.385 bits per heavy atom. The Morgan fingerprint density at radius 1 is 0.182 bits per heavy atom. The molecule has 824 valence electrons. The van der Waals surface area contributed by atoms with Gasteiger partial charge in [0.05, 0.1) is 72.7 Å². The number of carbonyl (C=O) groups excluding carboxylic acids is 7. The molecule has 0 aliphatic carbocycles. The molecule has 0 bridgehead atoms. The lowest BCUT2D eigenvalue weighted by Crippen LogP contribution is -2.71. The SMILES string of the molecule is CC(=O)N[C@@H]1[C@H](O[C@@H]2[C@@H](O[C@@H]3[C@H](O)[C@H](O[C@H]4[C@H](O)[C@@H](NC(C)=O)[C@H](O[C@H]5[C@H](O)[C@@H](NC(C)=O)C(O)O[C@@H]5CO)O[C@@H]4CO)O[C@H](CO[C@H]4O[C@H](CO[C@@H]5O[C@H](CO)[C@@H](O)[C@H](O)[C@H]5NC(C)=O)[C@@H](O)[C@H](O)[C@@H]4O[C@@H]4O[C@H](CO)[C@@H](O[C@@H]5O[C@H](CO)[C@H](O)[C@H](O[C@@H]6O[C@H](CO)[C@@H](O)[C@H](O)[C@H]6NC(C)=O)[C@H]5O)[C@H](O)[C@H]4NC(C)=O)[C@H]3O)O[C@H](CO)[C@@H](O[C@@H]3O[C@H](CO)[C@@H](O)[C@H](O)[C@H]3NC(C)=O)[C@@H]2O)O[C@H](CO)[C@@H](O)[C@@H]1O. The van der Waals surface area contributed by atoms with E-state index in [1.165, 1.54) is 0 Å². The lowest BCUT2D eigenvalue weighted by Gasteiger charge is -2.52. The van der Waals surface area contributed by atoms with E-state index in [9.17, 15) is 177 Å². The van der Waals surface area contributed by atoms with Gasteiger partial charge in [-0.3, -0.25) is 33.6 Å². The average molecular weight is 2090 g/mol. The van der Waals surface area contributed by atoms with E-state index >= 15 is 0 Å². The number of aliphatic hydroxyl groups is 28. The first-order chi connectivity index (χ1) is 67.6. The van der Waals surface area contributed by atoms with Crippen molar-refractivity contribution < 1.29 is 276 Å². The van der Waals surface area contributed by atoms with Gasteiger partial charge in [0, 0.05) is 48.5 Å². The molecular formula is C80H133N7O56. The van der Waals surface area contributed by atoms with Crippen molar-refractivity contribution >= 4 is 41.4 Å². The minimum atomic E-state index is -2.74. The number of rotatable bonds is 38. The van der Waals surface area contributed by atoms with Crippen molar-refractivity contribution in [3.63, 3.8) is 0 Å². The standard InChI is InChI=1S/C80H133N7O56/c1-19(97)81-37-55(115)62(31(13-93)125-70(37)122)136-75-42(86-24(6)102)56(116)64(32(14-94)131-75)139-78-61(121)67(141-80-69(143-74-41(85-23(5)101)54(114)47(107)29(11-91)129-74)59(119)65(34(16-96)133-80)137-72-39(83-21(3)99)52(112)45(105)27(9-89)127-72)50(110)36(134-78)18-124-79-68(58(118)48(108)35(135-79)17-123-71-38(82-20(2)98)51(111)44(104)26(8-88)126-71)142-76-43(87-25(7)103)57(117)63(33(15-95)132-76)138-77-60(120)66(49(109)30(12-92)130-77)140-73-40(84-22(4)100)53(113)46(106)28(10-90)128-73/h26-80,88-96,104-122H,8-18H2,1-7H3,(H,81,97)(H,82,98)(H,83,99)(H,84,100)(H,85,101)(H,86,102)(H,87,103)/t26-,27-,28-,29-,30-,31-,32-,33-,34-,35-,36-,37-,38-,39-,40-,41+,42-,43-,44-,45-,46-,47-,48-,49+,50-,51-,52-,53-,54-,55-,56-,57-,58+,59+,60-,61+,62-,63-,64-,65-,66+,67+,68+,69+,70?,71-,72+,73+,74+,75+,76+,77+,78+,79+,80-/m1/s1. The fraction of sp³-hybridized carbons (Fsp3) is 0.912. The number of aliphatic hydroxyl groups excluding tert-OH is 28. The summed E-state index contributed by atoms with van der Waals surface area (Å²) in [6.07, 6.45) is -105. The highest BCUT2D eigenvalue weighted by Crippen LogP contribution is 2.42. The highest BCUT2D eigenvalue weighted by Gasteiger charge is 2.63. The van der Waals surface area contributed by atoms with Crippen molar-refractivity contribution in [2.24, 2.45) is 0 Å². The molecule has 11 saturated heterocycles. The van der Waals surface area contributed by atoms with E-state index in [0.29, 0.717) is 0 Å². The quantitative estimate of drug-likeness (QED) is 0.0273. The summed E-state index contributed by atoms with van der Waals surface area (Å²) < 4.78 is 128. The number of hydrogen-bond acceptors (Lipinski definition) is 56. The molecule has 0 aromatic carbocycles. The normalized spacial score (nSPS) is 47.3. The summed E-state index contributed by atoms with van der Waals surface area (Å²) in [4.78, 5) is 89.8. The molecule has 0 spiro atoms. The van der Waals surface area contributed by atoms with Crippen molar-refractivity contribution in [3.8, 4) is 0 Å². The van der Waals surface area contributed by atoms with Gasteiger partial charge in [-0.25, -0.2) is 0 Å². The van der Waals surface area contributed by atoms with Gasteiger partial charge < -0.3 is 280 Å². The van der Waals surface area contributed by atoms with Gasteiger partial charge in [0.25, 0.3) is 0 Å². The fourth-order valence-corrected chi connectivity index (χ4v) is 18.5. The summed E-state index contributed by atoms with van der Waals surface area (Å²) in [5.41, 5.74) is 0. The minimum Gasteiger partial charge on any atom is -0.394 e. The summed E-state index contributed by atoms with van der Waals surface area (Å²) in [5, 5.41) is 337. The Bertz CT molecular complexity index is 4050. The van der Waals surface area contributed by atoms with Crippen LogP contribution in [0, 0.1) is 0 Å². The lowest BCUT2D eigenvalue weighted by atomic mass is 9.93. The van der Waals surface area contributed by atoms with E-state index in [4.69, 9.17) is 99.5 Å². The molecule has 11 heterocycles. The van der Waals surface area contributed by atoms with Crippen LogP contribution in [0.3, 0.4) is 0 Å². The largest absolute Gasteiger partial charge is 0.394 e. The molecule has 0 aromatic rings. The second-order valence-corrected chi connectivity index (χ2v) is 36.0. The molecule has 55 atom stereocenters. The van der Waals surface area contributed by atoms with Gasteiger partial charge >= 0.3 is 0 Å². The van der Waals surface area contributed by atoms with E-state index in [1.807, 2.05) is 0 Å². The van der Waals surface area contributed by atoms with Crippen LogP contribution in [0.2, 0.25) is 0 Å². The van der Waals surface area contributed by atoms with Crippen molar-refractivity contribution in [2.45, 2.75) is 386 Å². The summed E-state index contributed by atoms with van der Waals surface area (Å²) in [7, 11) is 0. The highest BCUT2D eigenvalue weighted by molar-refractivity contribution is 5.75. The van der Waals surface area contributed by atoms with Crippen molar-refractivity contribution in [1.29, 1.82) is 0 Å². The maximum atomic E-state index is 13.5. The van der Waals surface area contributed by atoms with E-state index in [0.717, 1.165) is 48.5 Å². The topological polar surface area (TPSA) is 964 Å². The second-order valence-electron chi connectivity index (χ2n) is 36.0. The smallest absolute Gasteiger partial charge is 0.217 e. The molecule has 35 N–H and O–H groups in total. The molecule has 11 rings (SSSR count). The van der Waals surface area contributed by atoms with E-state index in [-0.39, 0.29) is 0 Å². The molecule has 0 saturated carbocycles. The van der Waals surface area contributed by atoms with Crippen LogP contribution >= 0.6 is 0 Å². The van der Waals surface area contributed by atoms with Crippen LogP contribution in [0.5, 0.6) is 0 Å². The van der Waals surface area contributed by atoms with Crippen LogP contribution in [-0.4, -0.2) is 594 Å².